The fourth-order valence-corrected chi connectivity index (χ4v) is 1.57. The minimum atomic E-state index is -1.08. The lowest BCUT2D eigenvalue weighted by Crippen LogP contribution is -2.05. The number of aliphatic carboxylic acids is 1. The van der Waals surface area contributed by atoms with Gasteiger partial charge in [-0.3, -0.25) is 9.59 Å². The molecule has 5 heteroatoms. The Morgan fingerprint density at radius 1 is 1.10 bits per heavy atom. The molecule has 0 spiro atoms. The van der Waals surface area contributed by atoms with E-state index in [1.54, 1.807) is 24.3 Å². The molecule has 0 atom stereocenters. The van der Waals surface area contributed by atoms with Crippen LogP contribution >= 0.6 is 0 Å². The summed E-state index contributed by atoms with van der Waals surface area (Å²) in [6.45, 7) is 0. The second kappa shape index (κ2) is 6.38. The molecule has 0 saturated heterocycles. The second-order valence-electron chi connectivity index (χ2n) is 3.97. The predicted octanol–water partition coefficient (Wildman–Crippen LogP) is 3.01. The van der Waals surface area contributed by atoms with Gasteiger partial charge in [0.15, 0.2) is 5.78 Å². The first kappa shape index (κ1) is 13.6. The molecule has 2 aromatic rings. The number of allylic oxidation sites excluding steroid dienone is 1. The molecule has 0 aromatic carbocycles. The van der Waals surface area contributed by atoms with Crippen LogP contribution in [0.25, 0.3) is 12.2 Å². The van der Waals surface area contributed by atoms with Gasteiger partial charge in [-0.25, -0.2) is 0 Å². The molecule has 0 saturated carbocycles. The number of hydrogen-bond donors (Lipinski definition) is 1. The third kappa shape index (κ3) is 3.84. The van der Waals surface area contributed by atoms with E-state index in [1.807, 2.05) is 0 Å². The Morgan fingerprint density at radius 3 is 2.30 bits per heavy atom. The number of carbonyl (C=O) groups excluding carboxylic acids is 1. The smallest absolute Gasteiger partial charge is 0.307 e. The third-order valence-electron chi connectivity index (χ3n) is 2.46. The Kier molecular flexibility index (Phi) is 4.34. The largest absolute Gasteiger partial charge is 0.481 e. The lowest BCUT2D eigenvalue weighted by molar-refractivity contribution is -0.136. The van der Waals surface area contributed by atoms with Crippen molar-refractivity contribution in [3.63, 3.8) is 0 Å². The first-order valence-corrected chi connectivity index (χ1v) is 5.87. The quantitative estimate of drug-likeness (QED) is 0.817. The molecule has 2 heterocycles. The molecule has 0 aliphatic heterocycles. The van der Waals surface area contributed by atoms with E-state index in [2.05, 4.69) is 0 Å². The molecule has 0 fully saturated rings. The highest BCUT2D eigenvalue weighted by Gasteiger charge is 2.12. The Hall–Kier alpha value is -2.82. The van der Waals surface area contributed by atoms with Gasteiger partial charge in [0, 0.05) is 5.57 Å². The fraction of sp³-hybridized carbons (Fsp3) is 0.0667. The van der Waals surface area contributed by atoms with Crippen molar-refractivity contribution in [2.45, 2.75) is 6.42 Å². The molecule has 102 valence electrons. The minimum absolute atomic E-state index is 0.134. The van der Waals surface area contributed by atoms with Crippen LogP contribution in [-0.2, 0) is 9.59 Å². The zero-order valence-corrected chi connectivity index (χ0v) is 10.5. The SMILES string of the molecule is O=C(O)C/C(=C/c1ccco1)C(=O)/C=C\c1ccco1. The number of rotatable bonds is 6. The summed E-state index contributed by atoms with van der Waals surface area (Å²) in [5.41, 5.74) is 0.134. The summed E-state index contributed by atoms with van der Waals surface area (Å²) in [4.78, 5) is 22.8. The van der Waals surface area contributed by atoms with Crippen molar-refractivity contribution in [2.75, 3.05) is 0 Å². The van der Waals surface area contributed by atoms with Crippen molar-refractivity contribution in [3.8, 4) is 0 Å². The Bertz CT molecular complexity index is 630. The molecule has 0 unspecified atom stereocenters. The average molecular weight is 272 g/mol. The van der Waals surface area contributed by atoms with Gasteiger partial charge in [-0.05, 0) is 42.5 Å². The summed E-state index contributed by atoms with van der Waals surface area (Å²) in [6.07, 6.45) is 6.75. The van der Waals surface area contributed by atoms with Crippen LogP contribution in [0.3, 0.4) is 0 Å². The first-order valence-electron chi connectivity index (χ1n) is 5.87. The van der Waals surface area contributed by atoms with Crippen molar-refractivity contribution in [1.82, 2.24) is 0 Å². The van der Waals surface area contributed by atoms with Gasteiger partial charge in [-0.2, -0.15) is 0 Å². The summed E-state index contributed by atoms with van der Waals surface area (Å²) < 4.78 is 10.1. The monoisotopic (exact) mass is 272 g/mol. The Morgan fingerprint density at radius 2 is 1.75 bits per heavy atom. The number of furan rings is 2. The molecule has 1 N–H and O–H groups in total. The Labute approximate surface area is 114 Å². The standard InChI is InChI=1S/C15H12O5/c16-14(6-5-12-3-1-7-19-12)11(10-15(17)18)9-13-4-2-8-20-13/h1-9H,10H2,(H,17,18)/b6-5-,11-9-. The van der Waals surface area contributed by atoms with Gasteiger partial charge in [0.25, 0.3) is 0 Å². The lowest BCUT2D eigenvalue weighted by atomic mass is 10.1. The van der Waals surface area contributed by atoms with Gasteiger partial charge >= 0.3 is 5.97 Å². The second-order valence-corrected chi connectivity index (χ2v) is 3.97. The van der Waals surface area contributed by atoms with Crippen LogP contribution in [0.2, 0.25) is 0 Å². The molecule has 0 amide bonds. The van der Waals surface area contributed by atoms with Crippen molar-refractivity contribution in [3.05, 3.63) is 60.0 Å². The maximum atomic E-state index is 12.0. The van der Waals surface area contributed by atoms with Crippen molar-refractivity contribution in [2.24, 2.45) is 0 Å². The molecule has 20 heavy (non-hydrogen) atoms. The number of carboxylic acids is 1. The molecular weight excluding hydrogens is 260 g/mol. The van der Waals surface area contributed by atoms with E-state index in [0.717, 1.165) is 0 Å². The first-order chi connectivity index (χ1) is 9.65. The summed E-state index contributed by atoms with van der Waals surface area (Å²) in [7, 11) is 0. The van der Waals surface area contributed by atoms with Crippen LogP contribution in [0.5, 0.6) is 0 Å². The van der Waals surface area contributed by atoms with Crippen molar-refractivity contribution >= 4 is 23.9 Å². The van der Waals surface area contributed by atoms with Gasteiger partial charge in [0.2, 0.25) is 0 Å². The zero-order chi connectivity index (χ0) is 14.4. The highest BCUT2D eigenvalue weighted by atomic mass is 16.4. The topological polar surface area (TPSA) is 80.6 Å². The molecular formula is C15H12O5. The van der Waals surface area contributed by atoms with E-state index in [9.17, 15) is 9.59 Å². The predicted molar refractivity (Wildman–Crippen MR) is 71.7 cm³/mol. The molecule has 0 aliphatic rings. The highest BCUT2D eigenvalue weighted by molar-refractivity contribution is 6.10. The molecule has 5 nitrogen and oxygen atoms in total. The van der Waals surface area contributed by atoms with Crippen LogP contribution in [0, 0.1) is 0 Å². The van der Waals surface area contributed by atoms with Crippen LogP contribution < -0.4 is 0 Å². The number of carboxylic acid groups (broad SMARTS) is 1. The van der Waals surface area contributed by atoms with Gasteiger partial charge in [-0.15, -0.1) is 0 Å². The lowest BCUT2D eigenvalue weighted by Gasteiger charge is -1.99. The Balaban J connectivity index is 2.18. The van der Waals surface area contributed by atoms with E-state index in [-0.39, 0.29) is 12.0 Å². The number of ketones is 1. The molecule has 0 aliphatic carbocycles. The molecule has 0 radical (unpaired) electrons. The highest BCUT2D eigenvalue weighted by Crippen LogP contribution is 2.13. The fourth-order valence-electron chi connectivity index (χ4n) is 1.57. The number of carbonyl (C=O) groups is 2. The summed E-state index contributed by atoms with van der Waals surface area (Å²) in [6, 6.07) is 6.69. The van der Waals surface area contributed by atoms with Crippen LogP contribution in [-0.4, -0.2) is 16.9 Å². The van der Waals surface area contributed by atoms with Crippen molar-refractivity contribution < 1.29 is 23.5 Å². The van der Waals surface area contributed by atoms with E-state index >= 15 is 0 Å². The third-order valence-corrected chi connectivity index (χ3v) is 2.46. The maximum Gasteiger partial charge on any atom is 0.307 e. The summed E-state index contributed by atoms with van der Waals surface area (Å²) in [5, 5.41) is 8.85. The molecule has 0 bridgehead atoms. The molecule has 2 rings (SSSR count). The van der Waals surface area contributed by atoms with E-state index < -0.39 is 11.8 Å². The van der Waals surface area contributed by atoms with Crippen LogP contribution in [0.15, 0.2) is 57.3 Å². The maximum absolute atomic E-state index is 12.0. The van der Waals surface area contributed by atoms with Gasteiger partial charge in [-0.1, -0.05) is 0 Å². The summed E-state index contributed by atoms with van der Waals surface area (Å²) >= 11 is 0. The van der Waals surface area contributed by atoms with Crippen LogP contribution in [0.4, 0.5) is 0 Å². The van der Waals surface area contributed by atoms with Crippen LogP contribution in [0.1, 0.15) is 17.9 Å². The minimum Gasteiger partial charge on any atom is -0.481 e. The summed E-state index contributed by atoms with van der Waals surface area (Å²) in [5.74, 6) is -0.533. The zero-order valence-electron chi connectivity index (χ0n) is 10.5. The molecule has 2 aromatic heterocycles. The van der Waals surface area contributed by atoms with Gasteiger partial charge in [0.1, 0.15) is 11.5 Å². The normalized spacial score (nSPS) is 11.9. The van der Waals surface area contributed by atoms with E-state index in [1.165, 1.54) is 30.8 Å². The van der Waals surface area contributed by atoms with E-state index in [4.69, 9.17) is 13.9 Å². The average Bonchev–Trinajstić information content (AvgIpc) is 3.07. The number of hydrogen-bond acceptors (Lipinski definition) is 4. The van der Waals surface area contributed by atoms with Gasteiger partial charge in [0.05, 0.1) is 18.9 Å². The van der Waals surface area contributed by atoms with E-state index in [0.29, 0.717) is 11.5 Å². The van der Waals surface area contributed by atoms with Crippen molar-refractivity contribution in [1.29, 1.82) is 0 Å². The van der Waals surface area contributed by atoms with Gasteiger partial charge < -0.3 is 13.9 Å².